The van der Waals surface area contributed by atoms with Gasteiger partial charge in [-0.3, -0.25) is 4.79 Å². The number of anilines is 1. The predicted octanol–water partition coefficient (Wildman–Crippen LogP) is 4.81. The van der Waals surface area contributed by atoms with Gasteiger partial charge in [-0.2, -0.15) is 0 Å². The number of fused-ring (bicyclic) bond motifs is 1. The van der Waals surface area contributed by atoms with Gasteiger partial charge in [0.25, 0.3) is 5.91 Å². The molecule has 5 rings (SSSR count). The molecule has 1 aromatic heterocycles. The van der Waals surface area contributed by atoms with Crippen molar-refractivity contribution in [1.29, 1.82) is 0 Å². The number of hydrogen-bond donors (Lipinski definition) is 0. The number of hydrogen-bond acceptors (Lipinski definition) is 3. The highest BCUT2D eigenvalue weighted by Gasteiger charge is 2.39. The van der Waals surface area contributed by atoms with Crippen molar-refractivity contribution in [3.63, 3.8) is 0 Å². The molecule has 1 saturated carbocycles. The lowest BCUT2D eigenvalue weighted by Gasteiger charge is -2.22. The fourth-order valence-corrected chi connectivity index (χ4v) is 3.80. The normalized spacial score (nSPS) is 18.8. The van der Waals surface area contributed by atoms with Crippen molar-refractivity contribution < 1.29 is 9.21 Å². The highest BCUT2D eigenvalue weighted by atomic mass is 16.4. The summed E-state index contributed by atoms with van der Waals surface area (Å²) in [7, 11) is 0. The molecule has 1 amide bonds. The second-order valence-corrected chi connectivity index (χ2v) is 7.23. The largest absolute Gasteiger partial charge is 0.440 e. The lowest BCUT2D eigenvalue weighted by molar-refractivity contribution is 0.0975. The van der Waals surface area contributed by atoms with Gasteiger partial charge in [0.2, 0.25) is 5.89 Å². The average molecular weight is 344 g/mol. The Bertz CT molecular complexity index is 973. The van der Waals surface area contributed by atoms with E-state index in [0.717, 1.165) is 36.3 Å². The molecule has 0 bridgehead atoms. The van der Waals surface area contributed by atoms with Crippen LogP contribution in [0.3, 0.4) is 0 Å². The van der Waals surface area contributed by atoms with E-state index in [-0.39, 0.29) is 11.9 Å². The van der Waals surface area contributed by atoms with Gasteiger partial charge in [-0.25, -0.2) is 4.98 Å². The van der Waals surface area contributed by atoms with Crippen molar-refractivity contribution in [3.8, 4) is 11.5 Å². The first-order valence-corrected chi connectivity index (χ1v) is 9.20. The van der Waals surface area contributed by atoms with Gasteiger partial charge in [0, 0.05) is 23.2 Å². The number of aromatic nitrogens is 1. The van der Waals surface area contributed by atoms with E-state index in [9.17, 15) is 4.79 Å². The zero-order valence-electron chi connectivity index (χ0n) is 14.7. The number of oxazole rings is 1. The summed E-state index contributed by atoms with van der Waals surface area (Å²) in [5.41, 5.74) is 3.60. The molecule has 4 heteroatoms. The third-order valence-corrected chi connectivity index (χ3v) is 5.25. The van der Waals surface area contributed by atoms with Crippen LogP contribution in [0.1, 0.15) is 47.5 Å². The van der Waals surface area contributed by atoms with Gasteiger partial charge in [0.05, 0.1) is 0 Å². The van der Waals surface area contributed by atoms with Gasteiger partial charge in [-0.1, -0.05) is 36.4 Å². The van der Waals surface area contributed by atoms with Gasteiger partial charge >= 0.3 is 0 Å². The Morgan fingerprint density at radius 2 is 1.81 bits per heavy atom. The van der Waals surface area contributed by atoms with Gasteiger partial charge in [0.1, 0.15) is 5.76 Å². The van der Waals surface area contributed by atoms with Crippen LogP contribution in [0.2, 0.25) is 0 Å². The van der Waals surface area contributed by atoms with E-state index in [0.29, 0.717) is 17.5 Å². The molecular formula is C22H20N2O2. The first-order chi connectivity index (χ1) is 12.7. The third-order valence-electron chi connectivity index (χ3n) is 5.25. The van der Waals surface area contributed by atoms with Crippen LogP contribution < -0.4 is 4.90 Å². The van der Waals surface area contributed by atoms with Crippen molar-refractivity contribution in [2.24, 2.45) is 0 Å². The van der Waals surface area contributed by atoms with E-state index in [4.69, 9.17) is 4.42 Å². The molecule has 0 N–H and O–H groups in total. The van der Waals surface area contributed by atoms with E-state index in [1.807, 2.05) is 53.4 Å². The standard InChI is InChI=1S/C22H20N2O2/c1-14-13-17-9-5-6-10-18(17)24(14)22(25)19-20(15-11-12-15)26-21(23-19)16-7-3-2-4-8-16/h2-10,14-15H,11-13H2,1H3. The summed E-state index contributed by atoms with van der Waals surface area (Å²) in [6.07, 6.45) is 3.01. The molecule has 2 aromatic carbocycles. The van der Waals surface area contributed by atoms with Crippen LogP contribution >= 0.6 is 0 Å². The molecule has 0 radical (unpaired) electrons. The number of carbonyl (C=O) groups excluding carboxylic acids is 1. The maximum absolute atomic E-state index is 13.4. The smallest absolute Gasteiger partial charge is 0.280 e. The average Bonchev–Trinajstić information content (AvgIpc) is 3.32. The Morgan fingerprint density at radius 3 is 2.58 bits per heavy atom. The van der Waals surface area contributed by atoms with Crippen LogP contribution in [-0.2, 0) is 6.42 Å². The molecule has 1 fully saturated rings. The number of carbonyl (C=O) groups is 1. The Labute approximate surface area is 152 Å². The molecule has 1 unspecified atom stereocenters. The van der Waals surface area contributed by atoms with Crippen molar-refractivity contribution >= 4 is 11.6 Å². The maximum atomic E-state index is 13.4. The van der Waals surface area contributed by atoms with E-state index < -0.39 is 0 Å². The molecule has 2 aliphatic rings. The van der Waals surface area contributed by atoms with Crippen LogP contribution in [0.25, 0.3) is 11.5 Å². The number of rotatable bonds is 3. The molecule has 1 atom stereocenters. The summed E-state index contributed by atoms with van der Waals surface area (Å²) in [5.74, 6) is 1.57. The minimum Gasteiger partial charge on any atom is -0.440 e. The quantitative estimate of drug-likeness (QED) is 0.685. The predicted molar refractivity (Wildman–Crippen MR) is 100 cm³/mol. The number of amides is 1. The van der Waals surface area contributed by atoms with Crippen LogP contribution in [0, 0.1) is 0 Å². The summed E-state index contributed by atoms with van der Waals surface area (Å²) in [4.78, 5) is 19.9. The minimum absolute atomic E-state index is 0.0460. The Morgan fingerprint density at radius 1 is 1.08 bits per heavy atom. The minimum atomic E-state index is -0.0460. The van der Waals surface area contributed by atoms with Crippen molar-refractivity contribution in [2.45, 2.75) is 38.1 Å². The Balaban J connectivity index is 1.57. The number of nitrogens with zero attached hydrogens (tertiary/aromatic N) is 2. The zero-order chi connectivity index (χ0) is 17.7. The van der Waals surface area contributed by atoms with E-state index in [1.54, 1.807) is 0 Å². The first-order valence-electron chi connectivity index (χ1n) is 9.20. The summed E-state index contributed by atoms with van der Waals surface area (Å²) in [6.45, 7) is 2.09. The Kier molecular flexibility index (Phi) is 3.45. The lowest BCUT2D eigenvalue weighted by atomic mass is 10.1. The second-order valence-electron chi connectivity index (χ2n) is 7.23. The maximum Gasteiger partial charge on any atom is 0.280 e. The van der Waals surface area contributed by atoms with Crippen molar-refractivity contribution in [1.82, 2.24) is 4.98 Å². The molecule has 2 heterocycles. The molecule has 0 saturated heterocycles. The summed E-state index contributed by atoms with van der Waals surface area (Å²) in [5, 5.41) is 0. The van der Waals surface area contributed by atoms with Gasteiger partial charge in [0.15, 0.2) is 5.69 Å². The van der Waals surface area contributed by atoms with Crippen LogP contribution in [0.15, 0.2) is 59.0 Å². The van der Waals surface area contributed by atoms with Gasteiger partial charge < -0.3 is 9.32 Å². The monoisotopic (exact) mass is 344 g/mol. The van der Waals surface area contributed by atoms with Crippen LogP contribution in [-0.4, -0.2) is 16.9 Å². The van der Waals surface area contributed by atoms with E-state index in [2.05, 4.69) is 18.0 Å². The van der Waals surface area contributed by atoms with Gasteiger partial charge in [-0.05, 0) is 49.9 Å². The highest BCUT2D eigenvalue weighted by Crippen LogP contribution is 2.44. The molecule has 26 heavy (non-hydrogen) atoms. The highest BCUT2D eigenvalue weighted by molar-refractivity contribution is 6.07. The molecule has 130 valence electrons. The molecule has 4 nitrogen and oxygen atoms in total. The van der Waals surface area contributed by atoms with Gasteiger partial charge in [-0.15, -0.1) is 0 Å². The molecule has 0 spiro atoms. The van der Waals surface area contributed by atoms with Crippen LogP contribution in [0.4, 0.5) is 5.69 Å². The molecule has 3 aromatic rings. The second kappa shape index (κ2) is 5.84. The Hall–Kier alpha value is -2.88. The van der Waals surface area contributed by atoms with Crippen LogP contribution in [0.5, 0.6) is 0 Å². The number of benzene rings is 2. The molecule has 1 aliphatic carbocycles. The number of para-hydroxylation sites is 1. The first kappa shape index (κ1) is 15.4. The van der Waals surface area contributed by atoms with Crippen molar-refractivity contribution in [2.75, 3.05) is 4.90 Å². The molecular weight excluding hydrogens is 324 g/mol. The topological polar surface area (TPSA) is 46.3 Å². The third kappa shape index (κ3) is 2.45. The molecule has 1 aliphatic heterocycles. The lowest BCUT2D eigenvalue weighted by Crippen LogP contribution is -2.36. The van der Waals surface area contributed by atoms with Crippen molar-refractivity contribution in [3.05, 3.63) is 71.6 Å². The summed E-state index contributed by atoms with van der Waals surface area (Å²) >= 11 is 0. The summed E-state index contributed by atoms with van der Waals surface area (Å²) in [6, 6.07) is 18.1. The van der Waals surface area contributed by atoms with E-state index in [1.165, 1.54) is 5.56 Å². The SMILES string of the molecule is CC1Cc2ccccc2N1C(=O)c1nc(-c2ccccc2)oc1C1CC1. The fraction of sp³-hybridized carbons (Fsp3) is 0.273. The zero-order valence-corrected chi connectivity index (χ0v) is 14.7. The van der Waals surface area contributed by atoms with E-state index >= 15 is 0 Å². The fourth-order valence-electron chi connectivity index (χ4n) is 3.80. The summed E-state index contributed by atoms with van der Waals surface area (Å²) < 4.78 is 6.07.